The van der Waals surface area contributed by atoms with Crippen molar-refractivity contribution < 1.29 is 4.74 Å². The summed E-state index contributed by atoms with van der Waals surface area (Å²) in [5.74, 6) is 1.40. The minimum Gasteiger partial charge on any atom is -0.383 e. The van der Waals surface area contributed by atoms with Crippen LogP contribution in [0, 0.1) is 6.92 Å². The van der Waals surface area contributed by atoms with E-state index in [2.05, 4.69) is 59.6 Å². The fourth-order valence-corrected chi connectivity index (χ4v) is 2.36. The van der Waals surface area contributed by atoms with E-state index in [1.807, 2.05) is 19.1 Å². The molecular formula is C18H26N4O. The summed E-state index contributed by atoms with van der Waals surface area (Å²) in [5.41, 5.74) is 3.23. The Bertz CT molecular complexity index is 650. The molecule has 0 saturated carbocycles. The SMILES string of the molecule is COCCNc1cc(C)nc(Nc2ccccc2C(C)(C)C)n1. The van der Waals surface area contributed by atoms with Crippen molar-refractivity contribution in [3.05, 3.63) is 41.6 Å². The fraction of sp³-hybridized carbons (Fsp3) is 0.444. The van der Waals surface area contributed by atoms with Gasteiger partial charge in [-0.05, 0) is 24.0 Å². The van der Waals surface area contributed by atoms with Crippen LogP contribution < -0.4 is 10.6 Å². The number of hydrogen-bond acceptors (Lipinski definition) is 5. The number of para-hydroxylation sites is 1. The van der Waals surface area contributed by atoms with E-state index < -0.39 is 0 Å². The van der Waals surface area contributed by atoms with Crippen molar-refractivity contribution in [2.75, 3.05) is 30.9 Å². The van der Waals surface area contributed by atoms with Gasteiger partial charge in [-0.1, -0.05) is 39.0 Å². The molecule has 0 fully saturated rings. The molecule has 0 radical (unpaired) electrons. The molecule has 0 aliphatic heterocycles. The summed E-state index contributed by atoms with van der Waals surface area (Å²) in [6.07, 6.45) is 0. The summed E-state index contributed by atoms with van der Waals surface area (Å²) in [5, 5.41) is 6.60. The first-order valence-electron chi connectivity index (χ1n) is 7.85. The third-order valence-corrected chi connectivity index (χ3v) is 3.45. The van der Waals surface area contributed by atoms with E-state index in [4.69, 9.17) is 4.74 Å². The molecular weight excluding hydrogens is 288 g/mol. The van der Waals surface area contributed by atoms with E-state index in [9.17, 15) is 0 Å². The van der Waals surface area contributed by atoms with Crippen LogP contribution in [0.5, 0.6) is 0 Å². The Labute approximate surface area is 138 Å². The normalized spacial score (nSPS) is 11.3. The number of benzene rings is 1. The van der Waals surface area contributed by atoms with Gasteiger partial charge in [0.05, 0.1) is 6.61 Å². The molecule has 1 aromatic heterocycles. The Hall–Kier alpha value is -2.14. The predicted octanol–water partition coefficient (Wildman–Crippen LogP) is 3.88. The van der Waals surface area contributed by atoms with Gasteiger partial charge in [0.1, 0.15) is 5.82 Å². The van der Waals surface area contributed by atoms with Crippen LogP contribution >= 0.6 is 0 Å². The molecule has 5 nitrogen and oxygen atoms in total. The first kappa shape index (κ1) is 17.2. The summed E-state index contributed by atoms with van der Waals surface area (Å²) in [6, 6.07) is 10.2. The minimum absolute atomic E-state index is 0.0486. The van der Waals surface area contributed by atoms with Crippen molar-refractivity contribution in [3.63, 3.8) is 0 Å². The fourth-order valence-electron chi connectivity index (χ4n) is 2.36. The minimum atomic E-state index is 0.0486. The molecule has 1 heterocycles. The van der Waals surface area contributed by atoms with Crippen molar-refractivity contribution in [2.45, 2.75) is 33.1 Å². The van der Waals surface area contributed by atoms with E-state index in [0.717, 1.165) is 17.2 Å². The number of methoxy groups -OCH3 is 1. The first-order valence-corrected chi connectivity index (χ1v) is 7.85. The third kappa shape index (κ3) is 4.93. The lowest BCUT2D eigenvalue weighted by atomic mass is 9.86. The first-order chi connectivity index (χ1) is 10.9. The summed E-state index contributed by atoms with van der Waals surface area (Å²) in [7, 11) is 1.68. The van der Waals surface area contributed by atoms with Gasteiger partial charge in [-0.25, -0.2) is 4.98 Å². The topological polar surface area (TPSA) is 59.1 Å². The molecule has 2 N–H and O–H groups in total. The maximum Gasteiger partial charge on any atom is 0.229 e. The number of aryl methyl sites for hydroxylation is 1. The average Bonchev–Trinajstić information content (AvgIpc) is 2.46. The van der Waals surface area contributed by atoms with Gasteiger partial charge in [-0.15, -0.1) is 0 Å². The highest BCUT2D eigenvalue weighted by atomic mass is 16.5. The zero-order valence-electron chi connectivity index (χ0n) is 14.6. The molecule has 23 heavy (non-hydrogen) atoms. The van der Waals surface area contributed by atoms with Crippen molar-refractivity contribution in [3.8, 4) is 0 Å². The quantitative estimate of drug-likeness (QED) is 0.792. The summed E-state index contributed by atoms with van der Waals surface area (Å²) < 4.78 is 5.05. The number of rotatable bonds is 6. The molecule has 0 aliphatic carbocycles. The molecule has 0 atom stereocenters. The van der Waals surface area contributed by atoms with Gasteiger partial charge in [0.15, 0.2) is 0 Å². The van der Waals surface area contributed by atoms with Gasteiger partial charge in [-0.2, -0.15) is 4.98 Å². The van der Waals surface area contributed by atoms with E-state index in [-0.39, 0.29) is 5.41 Å². The monoisotopic (exact) mass is 314 g/mol. The third-order valence-electron chi connectivity index (χ3n) is 3.45. The lowest BCUT2D eigenvalue weighted by Crippen LogP contribution is -2.14. The number of hydrogen-bond donors (Lipinski definition) is 2. The maximum atomic E-state index is 5.05. The number of ether oxygens (including phenoxy) is 1. The molecule has 0 unspecified atom stereocenters. The van der Waals surface area contributed by atoms with E-state index >= 15 is 0 Å². The van der Waals surface area contributed by atoms with Crippen molar-refractivity contribution in [1.82, 2.24) is 9.97 Å². The van der Waals surface area contributed by atoms with Crippen LogP contribution in [0.4, 0.5) is 17.5 Å². The van der Waals surface area contributed by atoms with Gasteiger partial charge < -0.3 is 15.4 Å². The zero-order chi connectivity index (χ0) is 16.9. The second kappa shape index (κ2) is 7.42. The van der Waals surface area contributed by atoms with Gasteiger partial charge in [-0.3, -0.25) is 0 Å². The van der Waals surface area contributed by atoms with E-state index in [1.165, 1.54) is 5.56 Å². The van der Waals surface area contributed by atoms with Crippen LogP contribution in [-0.2, 0) is 10.2 Å². The van der Waals surface area contributed by atoms with Crippen molar-refractivity contribution >= 4 is 17.5 Å². The second-order valence-corrected chi connectivity index (χ2v) is 6.56. The van der Waals surface area contributed by atoms with E-state index in [1.54, 1.807) is 7.11 Å². The number of nitrogens with one attached hydrogen (secondary N) is 2. The van der Waals surface area contributed by atoms with Crippen LogP contribution in [0.2, 0.25) is 0 Å². The Balaban J connectivity index is 2.24. The molecule has 124 valence electrons. The Kier molecular flexibility index (Phi) is 5.55. The molecule has 0 amide bonds. The van der Waals surface area contributed by atoms with Crippen LogP contribution in [0.3, 0.4) is 0 Å². The largest absolute Gasteiger partial charge is 0.383 e. The smallest absolute Gasteiger partial charge is 0.229 e. The predicted molar refractivity (Wildman–Crippen MR) is 95.6 cm³/mol. The van der Waals surface area contributed by atoms with Crippen LogP contribution in [0.25, 0.3) is 0 Å². The van der Waals surface area contributed by atoms with Crippen LogP contribution in [-0.4, -0.2) is 30.2 Å². The van der Waals surface area contributed by atoms with Crippen LogP contribution in [0.15, 0.2) is 30.3 Å². The molecule has 1 aromatic carbocycles. The zero-order valence-corrected chi connectivity index (χ0v) is 14.6. The standard InChI is InChI=1S/C18H26N4O/c1-13-12-16(19-10-11-23-5)22-17(20-13)21-15-9-7-6-8-14(15)18(2,3)4/h6-9,12H,10-11H2,1-5H3,(H2,19,20,21,22). The highest BCUT2D eigenvalue weighted by Gasteiger charge is 2.18. The molecule has 2 aromatic rings. The Morgan fingerprint density at radius 2 is 1.87 bits per heavy atom. The summed E-state index contributed by atoms with van der Waals surface area (Å²) in [6.45, 7) is 9.90. The molecule has 5 heteroatoms. The number of aromatic nitrogens is 2. The molecule has 0 spiro atoms. The summed E-state index contributed by atoms with van der Waals surface area (Å²) in [4.78, 5) is 9.02. The Morgan fingerprint density at radius 3 is 2.57 bits per heavy atom. The second-order valence-electron chi connectivity index (χ2n) is 6.56. The van der Waals surface area contributed by atoms with Gasteiger partial charge in [0, 0.05) is 31.1 Å². The number of nitrogens with zero attached hydrogens (tertiary/aromatic N) is 2. The van der Waals surface area contributed by atoms with Crippen molar-refractivity contribution in [1.29, 1.82) is 0 Å². The molecule has 0 saturated heterocycles. The number of anilines is 3. The Morgan fingerprint density at radius 1 is 1.13 bits per heavy atom. The molecule has 2 rings (SSSR count). The van der Waals surface area contributed by atoms with Gasteiger partial charge in [0.2, 0.25) is 5.95 Å². The molecule has 0 aliphatic rings. The van der Waals surface area contributed by atoms with Crippen molar-refractivity contribution in [2.24, 2.45) is 0 Å². The van der Waals surface area contributed by atoms with Gasteiger partial charge >= 0.3 is 0 Å². The average molecular weight is 314 g/mol. The maximum absolute atomic E-state index is 5.05. The summed E-state index contributed by atoms with van der Waals surface area (Å²) >= 11 is 0. The van der Waals surface area contributed by atoms with E-state index in [0.29, 0.717) is 19.1 Å². The lowest BCUT2D eigenvalue weighted by Gasteiger charge is -2.23. The molecule has 0 bridgehead atoms. The van der Waals surface area contributed by atoms with Crippen LogP contribution in [0.1, 0.15) is 32.0 Å². The highest BCUT2D eigenvalue weighted by Crippen LogP contribution is 2.30. The highest BCUT2D eigenvalue weighted by molar-refractivity contribution is 5.61. The lowest BCUT2D eigenvalue weighted by molar-refractivity contribution is 0.210. The van der Waals surface area contributed by atoms with Gasteiger partial charge in [0.25, 0.3) is 0 Å².